The standard InChI is InChI=1S/C5H11NS2/c1-6-5(3-7)4-8-2/h7H,3-4H2,1-2H3. The molecule has 0 fully saturated rings. The molecule has 8 heavy (non-hydrogen) atoms. The van der Waals surface area contributed by atoms with E-state index in [1.54, 1.807) is 11.8 Å². The van der Waals surface area contributed by atoms with Crippen molar-refractivity contribution in [2.75, 3.05) is 24.8 Å². The molecule has 0 aliphatic heterocycles. The number of thiol groups is 1. The summed E-state index contributed by atoms with van der Waals surface area (Å²) in [6.07, 6.45) is 2.06. The van der Waals surface area contributed by atoms with Gasteiger partial charge in [0, 0.05) is 24.3 Å². The predicted molar refractivity (Wildman–Crippen MR) is 45.6 cm³/mol. The van der Waals surface area contributed by atoms with Crippen molar-refractivity contribution >= 4 is 30.1 Å². The van der Waals surface area contributed by atoms with Crippen LogP contribution in [0.2, 0.25) is 0 Å². The van der Waals surface area contributed by atoms with E-state index in [-0.39, 0.29) is 0 Å². The van der Waals surface area contributed by atoms with Crippen LogP contribution >= 0.6 is 24.4 Å². The molecule has 0 radical (unpaired) electrons. The van der Waals surface area contributed by atoms with Crippen LogP contribution in [0.3, 0.4) is 0 Å². The SMILES string of the molecule is CN=C(CS)CSC. The van der Waals surface area contributed by atoms with Gasteiger partial charge in [-0.05, 0) is 6.26 Å². The minimum atomic E-state index is 0.789. The van der Waals surface area contributed by atoms with E-state index in [4.69, 9.17) is 0 Å². The van der Waals surface area contributed by atoms with E-state index >= 15 is 0 Å². The van der Waals surface area contributed by atoms with Crippen LogP contribution in [0, 0.1) is 0 Å². The Morgan fingerprint density at radius 1 is 1.75 bits per heavy atom. The van der Waals surface area contributed by atoms with Crippen molar-refractivity contribution in [3.05, 3.63) is 0 Å². The van der Waals surface area contributed by atoms with Crippen LogP contribution < -0.4 is 0 Å². The van der Waals surface area contributed by atoms with Crippen LogP contribution in [0.15, 0.2) is 4.99 Å². The summed E-state index contributed by atoms with van der Waals surface area (Å²) >= 11 is 5.86. The van der Waals surface area contributed by atoms with Crippen LogP contribution in [-0.4, -0.2) is 30.5 Å². The van der Waals surface area contributed by atoms with Gasteiger partial charge in [-0.2, -0.15) is 24.4 Å². The maximum Gasteiger partial charge on any atom is 0.0319 e. The molecule has 0 atom stereocenters. The highest BCUT2D eigenvalue weighted by molar-refractivity contribution is 7.99. The summed E-state index contributed by atoms with van der Waals surface area (Å²) in [6.45, 7) is 0. The Morgan fingerprint density at radius 3 is 2.50 bits per heavy atom. The van der Waals surface area contributed by atoms with Crippen molar-refractivity contribution in [3.63, 3.8) is 0 Å². The summed E-state index contributed by atoms with van der Waals surface area (Å²) in [5.74, 6) is 1.80. The molecule has 0 saturated heterocycles. The molecule has 0 aliphatic carbocycles. The number of rotatable bonds is 3. The summed E-state index contributed by atoms with van der Waals surface area (Å²) in [4.78, 5) is 4.02. The summed E-state index contributed by atoms with van der Waals surface area (Å²) in [5, 5.41) is 0. The molecule has 3 heteroatoms. The molecular formula is C5H11NS2. The number of hydrogen-bond donors (Lipinski definition) is 1. The number of nitrogens with zero attached hydrogens (tertiary/aromatic N) is 1. The second-order valence-electron chi connectivity index (χ2n) is 1.38. The van der Waals surface area contributed by atoms with E-state index in [0.29, 0.717) is 0 Å². The monoisotopic (exact) mass is 149 g/mol. The number of aliphatic imine (C=N–C) groups is 1. The third-order valence-electron chi connectivity index (χ3n) is 0.810. The highest BCUT2D eigenvalue weighted by Gasteiger charge is 1.89. The average Bonchev–Trinajstić information content (AvgIpc) is 1.83. The van der Waals surface area contributed by atoms with Gasteiger partial charge in [0.1, 0.15) is 0 Å². The zero-order valence-corrected chi connectivity index (χ0v) is 6.93. The van der Waals surface area contributed by atoms with Gasteiger partial charge in [0.25, 0.3) is 0 Å². The van der Waals surface area contributed by atoms with Gasteiger partial charge >= 0.3 is 0 Å². The highest BCUT2D eigenvalue weighted by Crippen LogP contribution is 1.94. The largest absolute Gasteiger partial charge is 0.296 e. The molecule has 0 amide bonds. The number of thioether (sulfide) groups is 1. The lowest BCUT2D eigenvalue weighted by Gasteiger charge is -1.95. The van der Waals surface area contributed by atoms with Crippen molar-refractivity contribution in [1.29, 1.82) is 0 Å². The van der Waals surface area contributed by atoms with Crippen LogP contribution in [0.1, 0.15) is 0 Å². The minimum absolute atomic E-state index is 0.789. The second-order valence-corrected chi connectivity index (χ2v) is 2.56. The predicted octanol–water partition coefficient (Wildman–Crippen LogP) is 1.35. The van der Waals surface area contributed by atoms with Crippen LogP contribution in [-0.2, 0) is 0 Å². The first-order valence-corrected chi connectivity index (χ1v) is 4.42. The lowest BCUT2D eigenvalue weighted by Crippen LogP contribution is -2.02. The zero-order valence-electron chi connectivity index (χ0n) is 5.22. The summed E-state index contributed by atoms with van der Waals surface area (Å²) in [5.41, 5.74) is 1.17. The van der Waals surface area contributed by atoms with Crippen molar-refractivity contribution in [3.8, 4) is 0 Å². The third kappa shape index (κ3) is 3.38. The molecule has 0 spiro atoms. The van der Waals surface area contributed by atoms with Crippen molar-refractivity contribution in [2.45, 2.75) is 0 Å². The molecule has 0 unspecified atom stereocenters. The smallest absolute Gasteiger partial charge is 0.0319 e. The minimum Gasteiger partial charge on any atom is -0.296 e. The first-order valence-electron chi connectivity index (χ1n) is 2.39. The van der Waals surface area contributed by atoms with Crippen molar-refractivity contribution in [1.82, 2.24) is 0 Å². The molecule has 0 rings (SSSR count). The van der Waals surface area contributed by atoms with Gasteiger partial charge in [0.05, 0.1) is 0 Å². The molecule has 0 bridgehead atoms. The van der Waals surface area contributed by atoms with Gasteiger partial charge < -0.3 is 0 Å². The van der Waals surface area contributed by atoms with E-state index in [1.165, 1.54) is 5.71 Å². The highest BCUT2D eigenvalue weighted by atomic mass is 32.2. The van der Waals surface area contributed by atoms with E-state index in [0.717, 1.165) is 11.5 Å². The zero-order chi connectivity index (χ0) is 6.41. The summed E-state index contributed by atoms with van der Waals surface area (Å²) in [6, 6.07) is 0. The van der Waals surface area contributed by atoms with Gasteiger partial charge in [-0.25, -0.2) is 0 Å². The molecule has 48 valence electrons. The Labute approximate surface area is 60.4 Å². The maximum absolute atomic E-state index is 4.09. The lowest BCUT2D eigenvalue weighted by molar-refractivity contribution is 1.42. The van der Waals surface area contributed by atoms with Crippen LogP contribution in [0.5, 0.6) is 0 Å². The van der Waals surface area contributed by atoms with Crippen molar-refractivity contribution in [2.24, 2.45) is 4.99 Å². The Morgan fingerprint density at radius 2 is 2.38 bits per heavy atom. The molecule has 0 aliphatic rings. The summed E-state index contributed by atoms with van der Waals surface area (Å²) < 4.78 is 0. The topological polar surface area (TPSA) is 12.4 Å². The quantitative estimate of drug-likeness (QED) is 0.472. The molecular weight excluding hydrogens is 138 g/mol. The fraction of sp³-hybridized carbons (Fsp3) is 0.800. The second kappa shape index (κ2) is 5.51. The first-order chi connectivity index (χ1) is 3.85. The van der Waals surface area contributed by atoms with Gasteiger partial charge in [-0.3, -0.25) is 4.99 Å². The molecule has 0 aromatic rings. The van der Waals surface area contributed by atoms with E-state index in [1.807, 2.05) is 7.05 Å². The Kier molecular flexibility index (Phi) is 5.76. The van der Waals surface area contributed by atoms with Gasteiger partial charge in [-0.1, -0.05) is 0 Å². The Bertz CT molecular complexity index is 80.5. The van der Waals surface area contributed by atoms with Crippen molar-refractivity contribution < 1.29 is 0 Å². The Hall–Kier alpha value is 0.370. The fourth-order valence-corrected chi connectivity index (χ4v) is 1.32. The van der Waals surface area contributed by atoms with E-state index in [2.05, 4.69) is 23.9 Å². The molecule has 1 nitrogen and oxygen atoms in total. The molecule has 0 aromatic carbocycles. The molecule has 0 saturated carbocycles. The Balaban J connectivity index is 3.38. The van der Waals surface area contributed by atoms with E-state index < -0.39 is 0 Å². The summed E-state index contributed by atoms with van der Waals surface area (Å²) in [7, 11) is 1.81. The van der Waals surface area contributed by atoms with Gasteiger partial charge in [-0.15, -0.1) is 0 Å². The average molecular weight is 149 g/mol. The normalized spacial score (nSPS) is 12.1. The molecule has 0 aromatic heterocycles. The lowest BCUT2D eigenvalue weighted by atomic mass is 10.5. The van der Waals surface area contributed by atoms with Gasteiger partial charge in [0.2, 0.25) is 0 Å². The van der Waals surface area contributed by atoms with E-state index in [9.17, 15) is 0 Å². The maximum atomic E-state index is 4.09. The molecule has 0 heterocycles. The van der Waals surface area contributed by atoms with Crippen LogP contribution in [0.25, 0.3) is 0 Å². The first kappa shape index (κ1) is 8.37. The van der Waals surface area contributed by atoms with Gasteiger partial charge in [0.15, 0.2) is 0 Å². The fourth-order valence-electron chi connectivity index (χ4n) is 0.348. The third-order valence-corrected chi connectivity index (χ3v) is 1.80. The molecule has 0 N–H and O–H groups in total. The van der Waals surface area contributed by atoms with Crippen LogP contribution in [0.4, 0.5) is 0 Å². The number of hydrogen-bond acceptors (Lipinski definition) is 3.